The molecule has 0 spiro atoms. The molecule has 1 aromatic carbocycles. The summed E-state index contributed by atoms with van der Waals surface area (Å²) in [6, 6.07) is 9.70. The highest BCUT2D eigenvalue weighted by atomic mass is 16.3. The molecule has 0 bridgehead atoms. The van der Waals surface area contributed by atoms with Crippen molar-refractivity contribution in [3.05, 3.63) is 35.4 Å². The van der Waals surface area contributed by atoms with Crippen molar-refractivity contribution in [1.29, 1.82) is 0 Å². The lowest BCUT2D eigenvalue weighted by molar-refractivity contribution is 0.0952. The quantitative estimate of drug-likeness (QED) is 0.867. The predicted molar refractivity (Wildman–Crippen MR) is 70.7 cm³/mol. The number of likely N-dealkylation sites (tertiary alicyclic amines) is 1. The number of hydrogen-bond acceptors (Lipinski definition) is 2. The van der Waals surface area contributed by atoms with E-state index < -0.39 is 0 Å². The molecule has 1 N–H and O–H groups in total. The number of aliphatic hydroxyl groups is 1. The third-order valence-electron chi connectivity index (χ3n) is 3.95. The Labute approximate surface area is 104 Å². The van der Waals surface area contributed by atoms with Gasteiger partial charge in [-0.05, 0) is 37.8 Å². The van der Waals surface area contributed by atoms with Crippen molar-refractivity contribution in [2.24, 2.45) is 0 Å². The monoisotopic (exact) mass is 233 g/mol. The minimum absolute atomic E-state index is 0.136. The first-order chi connectivity index (χ1) is 8.20. The van der Waals surface area contributed by atoms with Crippen molar-refractivity contribution in [3.8, 4) is 0 Å². The van der Waals surface area contributed by atoms with E-state index in [0.29, 0.717) is 12.1 Å². The van der Waals surface area contributed by atoms with Crippen LogP contribution in [0.1, 0.15) is 44.2 Å². The van der Waals surface area contributed by atoms with Gasteiger partial charge < -0.3 is 5.11 Å². The summed E-state index contributed by atoms with van der Waals surface area (Å²) in [6.45, 7) is 5.83. The van der Waals surface area contributed by atoms with E-state index in [2.05, 4.69) is 30.9 Å². The van der Waals surface area contributed by atoms with Crippen LogP contribution in [0.2, 0.25) is 0 Å². The predicted octanol–water partition coefficient (Wildman–Crippen LogP) is 2.94. The van der Waals surface area contributed by atoms with Gasteiger partial charge in [0.15, 0.2) is 0 Å². The molecule has 94 valence electrons. The van der Waals surface area contributed by atoms with E-state index in [4.69, 9.17) is 5.11 Å². The molecule has 2 rings (SSSR count). The van der Waals surface area contributed by atoms with Crippen LogP contribution in [0, 0.1) is 0 Å². The second-order valence-electron chi connectivity index (χ2n) is 5.28. The minimum Gasteiger partial charge on any atom is -0.392 e. The van der Waals surface area contributed by atoms with Gasteiger partial charge in [-0.25, -0.2) is 0 Å². The van der Waals surface area contributed by atoms with Crippen LogP contribution >= 0.6 is 0 Å². The average Bonchev–Trinajstić information content (AvgIpc) is 2.35. The number of rotatable bonds is 3. The standard InChI is InChI=1S/C15H23NO/c1-12-4-3-5-13(2)16(12)10-14-6-8-15(11-17)9-7-14/h6-9,12-13,17H,3-5,10-11H2,1-2H3/t12-,13+. The highest BCUT2D eigenvalue weighted by Crippen LogP contribution is 2.24. The average molecular weight is 233 g/mol. The SMILES string of the molecule is C[C@@H]1CCC[C@H](C)N1Cc1ccc(CO)cc1. The second kappa shape index (κ2) is 5.65. The minimum atomic E-state index is 0.136. The van der Waals surface area contributed by atoms with Gasteiger partial charge in [0.25, 0.3) is 0 Å². The zero-order valence-electron chi connectivity index (χ0n) is 10.9. The van der Waals surface area contributed by atoms with Gasteiger partial charge in [0.2, 0.25) is 0 Å². The first kappa shape index (κ1) is 12.6. The van der Waals surface area contributed by atoms with E-state index in [1.807, 2.05) is 12.1 Å². The third-order valence-corrected chi connectivity index (χ3v) is 3.95. The molecule has 0 radical (unpaired) electrons. The van der Waals surface area contributed by atoms with Crippen LogP contribution in [0.4, 0.5) is 0 Å². The number of hydrogen-bond donors (Lipinski definition) is 1. The van der Waals surface area contributed by atoms with Crippen molar-refractivity contribution in [1.82, 2.24) is 4.90 Å². The van der Waals surface area contributed by atoms with E-state index in [1.54, 1.807) is 0 Å². The molecule has 1 aromatic rings. The Bertz CT molecular complexity index is 336. The number of piperidine rings is 1. The van der Waals surface area contributed by atoms with Crippen LogP contribution in [0.5, 0.6) is 0 Å². The van der Waals surface area contributed by atoms with Gasteiger partial charge in [-0.1, -0.05) is 30.7 Å². The molecular formula is C15H23NO. The Morgan fingerprint density at radius 3 is 2.12 bits per heavy atom. The van der Waals surface area contributed by atoms with Crippen LogP contribution in [0.25, 0.3) is 0 Å². The summed E-state index contributed by atoms with van der Waals surface area (Å²) in [6.07, 6.45) is 4.00. The fourth-order valence-electron chi connectivity index (χ4n) is 2.75. The van der Waals surface area contributed by atoms with Crippen molar-refractivity contribution in [3.63, 3.8) is 0 Å². The molecule has 1 aliphatic heterocycles. The lowest BCUT2D eigenvalue weighted by Gasteiger charge is -2.39. The molecule has 1 aliphatic rings. The Morgan fingerprint density at radius 2 is 1.59 bits per heavy atom. The smallest absolute Gasteiger partial charge is 0.0681 e. The maximum absolute atomic E-state index is 9.02. The molecule has 2 nitrogen and oxygen atoms in total. The maximum Gasteiger partial charge on any atom is 0.0681 e. The summed E-state index contributed by atoms with van der Waals surface area (Å²) < 4.78 is 0. The summed E-state index contributed by atoms with van der Waals surface area (Å²) in [5, 5.41) is 9.02. The van der Waals surface area contributed by atoms with Crippen molar-refractivity contribution < 1.29 is 5.11 Å². The van der Waals surface area contributed by atoms with Gasteiger partial charge in [0.05, 0.1) is 6.61 Å². The molecule has 0 unspecified atom stereocenters. The van der Waals surface area contributed by atoms with E-state index in [1.165, 1.54) is 24.8 Å². The molecule has 1 heterocycles. The number of benzene rings is 1. The van der Waals surface area contributed by atoms with Crippen LogP contribution in [-0.4, -0.2) is 22.1 Å². The van der Waals surface area contributed by atoms with Crippen molar-refractivity contribution in [2.45, 2.75) is 58.3 Å². The Morgan fingerprint density at radius 1 is 1.06 bits per heavy atom. The molecule has 1 saturated heterocycles. The molecule has 2 heteroatoms. The molecule has 0 amide bonds. The molecule has 0 aromatic heterocycles. The van der Waals surface area contributed by atoms with Gasteiger partial charge in [0.1, 0.15) is 0 Å². The first-order valence-electron chi connectivity index (χ1n) is 6.65. The van der Waals surface area contributed by atoms with Gasteiger partial charge in [-0.3, -0.25) is 4.90 Å². The highest BCUT2D eigenvalue weighted by Gasteiger charge is 2.24. The van der Waals surface area contributed by atoms with E-state index in [0.717, 1.165) is 12.1 Å². The fourth-order valence-corrected chi connectivity index (χ4v) is 2.75. The molecule has 0 saturated carbocycles. The van der Waals surface area contributed by atoms with E-state index in [-0.39, 0.29) is 6.61 Å². The molecule has 17 heavy (non-hydrogen) atoms. The van der Waals surface area contributed by atoms with Crippen LogP contribution in [0.15, 0.2) is 24.3 Å². The van der Waals surface area contributed by atoms with Gasteiger partial charge in [0, 0.05) is 18.6 Å². The van der Waals surface area contributed by atoms with Crippen molar-refractivity contribution in [2.75, 3.05) is 0 Å². The van der Waals surface area contributed by atoms with E-state index in [9.17, 15) is 0 Å². The van der Waals surface area contributed by atoms with Crippen LogP contribution in [0.3, 0.4) is 0 Å². The molecule has 0 aliphatic carbocycles. The summed E-state index contributed by atoms with van der Waals surface area (Å²) >= 11 is 0. The molecule has 2 atom stereocenters. The summed E-state index contributed by atoms with van der Waals surface area (Å²) in [4.78, 5) is 2.59. The first-order valence-corrected chi connectivity index (χ1v) is 6.65. The lowest BCUT2D eigenvalue weighted by atomic mass is 9.96. The fraction of sp³-hybridized carbons (Fsp3) is 0.600. The van der Waals surface area contributed by atoms with Crippen LogP contribution in [-0.2, 0) is 13.2 Å². The Balaban J connectivity index is 2.03. The summed E-state index contributed by atoms with van der Waals surface area (Å²) in [5.41, 5.74) is 2.34. The zero-order valence-corrected chi connectivity index (χ0v) is 10.9. The maximum atomic E-state index is 9.02. The normalized spacial score (nSPS) is 26.1. The summed E-state index contributed by atoms with van der Waals surface area (Å²) in [5.74, 6) is 0. The lowest BCUT2D eigenvalue weighted by Crippen LogP contribution is -2.42. The van der Waals surface area contributed by atoms with Gasteiger partial charge in [-0.15, -0.1) is 0 Å². The highest BCUT2D eigenvalue weighted by molar-refractivity contribution is 5.22. The topological polar surface area (TPSA) is 23.5 Å². The second-order valence-corrected chi connectivity index (χ2v) is 5.28. The summed E-state index contributed by atoms with van der Waals surface area (Å²) in [7, 11) is 0. The largest absolute Gasteiger partial charge is 0.392 e. The Kier molecular flexibility index (Phi) is 4.19. The zero-order chi connectivity index (χ0) is 12.3. The van der Waals surface area contributed by atoms with Crippen LogP contribution < -0.4 is 0 Å². The number of nitrogens with zero attached hydrogens (tertiary/aromatic N) is 1. The van der Waals surface area contributed by atoms with Crippen molar-refractivity contribution >= 4 is 0 Å². The molecule has 1 fully saturated rings. The Hall–Kier alpha value is -0.860. The third kappa shape index (κ3) is 3.08. The van der Waals surface area contributed by atoms with Gasteiger partial charge >= 0.3 is 0 Å². The van der Waals surface area contributed by atoms with Gasteiger partial charge in [-0.2, -0.15) is 0 Å². The number of aliphatic hydroxyl groups excluding tert-OH is 1. The van der Waals surface area contributed by atoms with E-state index >= 15 is 0 Å². The molecular weight excluding hydrogens is 210 g/mol.